The van der Waals surface area contributed by atoms with Crippen LogP contribution in [0.3, 0.4) is 0 Å². The van der Waals surface area contributed by atoms with Crippen molar-refractivity contribution < 1.29 is 0 Å². The Morgan fingerprint density at radius 1 is 1.26 bits per heavy atom. The third-order valence-electron chi connectivity index (χ3n) is 3.04. The first-order chi connectivity index (χ1) is 9.34. The lowest BCUT2D eigenvalue weighted by Crippen LogP contribution is -2.30. The van der Waals surface area contributed by atoms with Gasteiger partial charge in [0, 0.05) is 43.4 Å². The van der Waals surface area contributed by atoms with Gasteiger partial charge < -0.3 is 10.2 Å². The maximum absolute atomic E-state index is 4.11. The van der Waals surface area contributed by atoms with Crippen molar-refractivity contribution >= 4 is 11.3 Å². The lowest BCUT2D eigenvalue weighted by molar-refractivity contribution is 0.336. The first kappa shape index (κ1) is 14.2. The van der Waals surface area contributed by atoms with Crippen LogP contribution in [0.25, 0.3) is 0 Å². The Morgan fingerprint density at radius 2 is 2.21 bits per heavy atom. The highest BCUT2D eigenvalue weighted by atomic mass is 32.1. The van der Waals surface area contributed by atoms with Crippen LogP contribution in [0.15, 0.2) is 42.0 Å². The molecule has 0 bridgehead atoms. The van der Waals surface area contributed by atoms with Crippen LogP contribution in [0.4, 0.5) is 0 Å². The summed E-state index contributed by atoms with van der Waals surface area (Å²) in [6.07, 6.45) is 4.87. The van der Waals surface area contributed by atoms with E-state index in [4.69, 9.17) is 0 Å². The summed E-state index contributed by atoms with van der Waals surface area (Å²) >= 11 is 1.84. The molecule has 0 atom stereocenters. The van der Waals surface area contributed by atoms with Gasteiger partial charge in [-0.25, -0.2) is 0 Å². The quantitative estimate of drug-likeness (QED) is 0.750. The molecular formula is C15H21N3S. The van der Waals surface area contributed by atoms with Crippen LogP contribution in [0.5, 0.6) is 0 Å². The molecule has 0 aliphatic carbocycles. The van der Waals surface area contributed by atoms with Crippen molar-refractivity contribution in [2.24, 2.45) is 0 Å². The van der Waals surface area contributed by atoms with Gasteiger partial charge in [0.2, 0.25) is 0 Å². The van der Waals surface area contributed by atoms with Crippen LogP contribution >= 0.6 is 11.3 Å². The van der Waals surface area contributed by atoms with Crippen LogP contribution in [-0.2, 0) is 13.0 Å². The normalized spacial score (nSPS) is 11.1. The zero-order valence-electron chi connectivity index (χ0n) is 11.4. The summed E-state index contributed by atoms with van der Waals surface area (Å²) in [5.41, 5.74) is 1.24. The zero-order chi connectivity index (χ0) is 13.3. The summed E-state index contributed by atoms with van der Waals surface area (Å²) in [7, 11) is 2.18. The Bertz CT molecular complexity index is 442. The maximum atomic E-state index is 4.11. The maximum Gasteiger partial charge on any atom is 0.0312 e. The Labute approximate surface area is 119 Å². The van der Waals surface area contributed by atoms with Crippen molar-refractivity contribution in [3.8, 4) is 0 Å². The second kappa shape index (κ2) is 8.04. The van der Waals surface area contributed by atoms with E-state index in [2.05, 4.69) is 45.8 Å². The first-order valence-corrected chi connectivity index (χ1v) is 7.53. The molecule has 0 spiro atoms. The SMILES string of the molecule is CN(CCNCc1cccnc1)CCc1cccs1. The smallest absolute Gasteiger partial charge is 0.0312 e. The fraction of sp³-hybridized carbons (Fsp3) is 0.400. The molecule has 2 heterocycles. The van der Waals surface area contributed by atoms with E-state index in [0.717, 1.165) is 32.6 Å². The minimum absolute atomic E-state index is 0.895. The fourth-order valence-corrected chi connectivity index (χ4v) is 2.57. The van der Waals surface area contributed by atoms with Gasteiger partial charge in [0.1, 0.15) is 0 Å². The van der Waals surface area contributed by atoms with Gasteiger partial charge in [-0.3, -0.25) is 4.98 Å². The van der Waals surface area contributed by atoms with Gasteiger partial charge in [0.15, 0.2) is 0 Å². The molecule has 2 rings (SSSR count). The highest BCUT2D eigenvalue weighted by Gasteiger charge is 2.00. The molecule has 2 aromatic rings. The van der Waals surface area contributed by atoms with Crippen molar-refractivity contribution in [3.05, 3.63) is 52.5 Å². The highest BCUT2D eigenvalue weighted by Crippen LogP contribution is 2.09. The predicted molar refractivity (Wildman–Crippen MR) is 81.5 cm³/mol. The Hall–Kier alpha value is -1.23. The number of pyridine rings is 1. The number of hydrogen-bond donors (Lipinski definition) is 1. The van der Waals surface area contributed by atoms with E-state index >= 15 is 0 Å². The molecule has 0 radical (unpaired) electrons. The Balaban J connectivity index is 1.55. The lowest BCUT2D eigenvalue weighted by Gasteiger charge is -2.16. The molecular weight excluding hydrogens is 254 g/mol. The van der Waals surface area contributed by atoms with Gasteiger partial charge in [-0.05, 0) is 36.5 Å². The average Bonchev–Trinajstić information content (AvgIpc) is 2.96. The van der Waals surface area contributed by atoms with Gasteiger partial charge in [0.05, 0.1) is 0 Å². The van der Waals surface area contributed by atoms with Gasteiger partial charge >= 0.3 is 0 Å². The molecule has 3 nitrogen and oxygen atoms in total. The molecule has 0 saturated carbocycles. The number of aromatic nitrogens is 1. The van der Waals surface area contributed by atoms with Gasteiger partial charge in [-0.2, -0.15) is 0 Å². The van der Waals surface area contributed by atoms with E-state index in [9.17, 15) is 0 Å². The summed E-state index contributed by atoms with van der Waals surface area (Å²) in [5.74, 6) is 0. The van der Waals surface area contributed by atoms with Crippen molar-refractivity contribution in [3.63, 3.8) is 0 Å². The van der Waals surface area contributed by atoms with E-state index in [1.165, 1.54) is 10.4 Å². The molecule has 19 heavy (non-hydrogen) atoms. The van der Waals surface area contributed by atoms with E-state index in [1.807, 2.05) is 29.8 Å². The minimum atomic E-state index is 0.895. The first-order valence-electron chi connectivity index (χ1n) is 6.65. The van der Waals surface area contributed by atoms with Gasteiger partial charge in [0.25, 0.3) is 0 Å². The zero-order valence-corrected chi connectivity index (χ0v) is 12.2. The van der Waals surface area contributed by atoms with Gasteiger partial charge in [-0.1, -0.05) is 12.1 Å². The second-order valence-electron chi connectivity index (χ2n) is 4.67. The molecule has 0 aliphatic rings. The van der Waals surface area contributed by atoms with E-state index in [1.54, 1.807) is 0 Å². The van der Waals surface area contributed by atoms with Crippen LogP contribution in [0.1, 0.15) is 10.4 Å². The molecule has 0 fully saturated rings. The van der Waals surface area contributed by atoms with Crippen LogP contribution in [0.2, 0.25) is 0 Å². The fourth-order valence-electron chi connectivity index (χ4n) is 1.87. The number of rotatable bonds is 8. The summed E-state index contributed by atoms with van der Waals surface area (Å²) in [6.45, 7) is 4.10. The largest absolute Gasteiger partial charge is 0.311 e. The molecule has 0 saturated heterocycles. The molecule has 2 aromatic heterocycles. The number of hydrogen-bond acceptors (Lipinski definition) is 4. The standard InChI is InChI=1S/C15H21N3S/c1-18(9-6-15-5-3-11-19-15)10-8-17-13-14-4-2-7-16-12-14/h2-5,7,11-12,17H,6,8-10,13H2,1H3. The number of nitrogens with zero attached hydrogens (tertiary/aromatic N) is 2. The monoisotopic (exact) mass is 275 g/mol. The van der Waals surface area contributed by atoms with Crippen molar-refractivity contribution in [1.29, 1.82) is 0 Å². The Kier molecular flexibility index (Phi) is 6.01. The molecule has 0 amide bonds. The van der Waals surface area contributed by atoms with Crippen molar-refractivity contribution in [2.45, 2.75) is 13.0 Å². The number of nitrogens with one attached hydrogen (secondary N) is 1. The summed E-state index contributed by atoms with van der Waals surface area (Å²) < 4.78 is 0. The highest BCUT2D eigenvalue weighted by molar-refractivity contribution is 7.09. The van der Waals surface area contributed by atoms with E-state index < -0.39 is 0 Å². The third-order valence-corrected chi connectivity index (χ3v) is 3.98. The molecule has 0 aromatic carbocycles. The molecule has 1 N–H and O–H groups in total. The molecule has 0 unspecified atom stereocenters. The van der Waals surface area contributed by atoms with Gasteiger partial charge in [-0.15, -0.1) is 11.3 Å². The number of likely N-dealkylation sites (N-methyl/N-ethyl adjacent to an activating group) is 1. The minimum Gasteiger partial charge on any atom is -0.311 e. The van der Waals surface area contributed by atoms with Crippen LogP contribution in [0, 0.1) is 0 Å². The molecule has 4 heteroatoms. The van der Waals surface area contributed by atoms with Crippen LogP contribution < -0.4 is 5.32 Å². The average molecular weight is 275 g/mol. The summed E-state index contributed by atoms with van der Waals surface area (Å²) in [5, 5.41) is 5.59. The predicted octanol–water partition coefficient (Wildman–Crippen LogP) is 2.41. The van der Waals surface area contributed by atoms with Crippen LogP contribution in [-0.4, -0.2) is 36.6 Å². The topological polar surface area (TPSA) is 28.2 Å². The summed E-state index contributed by atoms with van der Waals surface area (Å²) in [4.78, 5) is 7.95. The lowest BCUT2D eigenvalue weighted by atomic mass is 10.3. The third kappa shape index (κ3) is 5.51. The van der Waals surface area contributed by atoms with Crippen molar-refractivity contribution in [1.82, 2.24) is 15.2 Å². The molecule has 0 aliphatic heterocycles. The van der Waals surface area contributed by atoms with E-state index in [0.29, 0.717) is 0 Å². The Morgan fingerprint density at radius 3 is 2.95 bits per heavy atom. The van der Waals surface area contributed by atoms with E-state index in [-0.39, 0.29) is 0 Å². The second-order valence-corrected chi connectivity index (χ2v) is 5.70. The number of thiophene rings is 1. The molecule has 102 valence electrons. The summed E-state index contributed by atoms with van der Waals surface area (Å²) in [6, 6.07) is 8.40. The van der Waals surface area contributed by atoms with Crippen molar-refractivity contribution in [2.75, 3.05) is 26.7 Å².